The molecular formula is C18H23NO3. The highest BCUT2D eigenvalue weighted by Crippen LogP contribution is 2.31. The van der Waals surface area contributed by atoms with E-state index in [1.807, 2.05) is 56.4 Å². The first kappa shape index (κ1) is 16.2. The summed E-state index contributed by atoms with van der Waals surface area (Å²) in [4.78, 5) is 0. The third-order valence-electron chi connectivity index (χ3n) is 3.24. The minimum absolute atomic E-state index is 0.463. The third-order valence-corrected chi connectivity index (χ3v) is 3.24. The Balaban J connectivity index is 1.93. The molecule has 0 heterocycles. The molecule has 2 aromatic rings. The van der Waals surface area contributed by atoms with Gasteiger partial charge in [0.05, 0.1) is 7.11 Å². The number of hydrogen-bond acceptors (Lipinski definition) is 4. The zero-order valence-corrected chi connectivity index (χ0v) is 13.4. The van der Waals surface area contributed by atoms with E-state index in [9.17, 15) is 0 Å². The average Bonchev–Trinajstić information content (AvgIpc) is 2.53. The Labute approximate surface area is 132 Å². The van der Waals surface area contributed by atoms with Crippen LogP contribution in [0.5, 0.6) is 17.2 Å². The van der Waals surface area contributed by atoms with Gasteiger partial charge in [0, 0.05) is 12.1 Å². The fraction of sp³-hybridized carbons (Fsp3) is 0.333. The van der Waals surface area contributed by atoms with E-state index in [0.717, 1.165) is 29.4 Å². The maximum atomic E-state index is 5.87. The van der Waals surface area contributed by atoms with Crippen LogP contribution < -0.4 is 19.5 Å². The summed E-state index contributed by atoms with van der Waals surface area (Å²) >= 11 is 0. The first-order valence-electron chi connectivity index (χ1n) is 7.37. The van der Waals surface area contributed by atoms with Crippen molar-refractivity contribution in [1.29, 1.82) is 0 Å². The average molecular weight is 301 g/mol. The normalized spacial score (nSPS) is 10.3. The molecule has 0 spiro atoms. The molecule has 2 aromatic carbocycles. The molecular weight excluding hydrogens is 278 g/mol. The summed E-state index contributed by atoms with van der Waals surface area (Å²) in [6, 6.07) is 13.9. The second-order valence-corrected chi connectivity index (χ2v) is 4.99. The van der Waals surface area contributed by atoms with Crippen LogP contribution in [0.25, 0.3) is 0 Å². The van der Waals surface area contributed by atoms with Crippen molar-refractivity contribution in [2.24, 2.45) is 0 Å². The van der Waals surface area contributed by atoms with Crippen molar-refractivity contribution in [2.75, 3.05) is 27.4 Å². The quantitative estimate of drug-likeness (QED) is 0.760. The summed E-state index contributed by atoms with van der Waals surface area (Å²) in [5, 5.41) is 3.13. The Morgan fingerprint density at radius 3 is 2.50 bits per heavy atom. The van der Waals surface area contributed by atoms with Crippen LogP contribution >= 0.6 is 0 Å². The number of para-hydroxylation sites is 1. The van der Waals surface area contributed by atoms with E-state index < -0.39 is 0 Å². The van der Waals surface area contributed by atoms with E-state index in [1.54, 1.807) is 7.11 Å². The van der Waals surface area contributed by atoms with Crippen LogP contribution in [-0.2, 0) is 6.54 Å². The molecule has 0 aromatic heterocycles. The number of methoxy groups -OCH3 is 1. The van der Waals surface area contributed by atoms with Gasteiger partial charge in [-0.25, -0.2) is 0 Å². The van der Waals surface area contributed by atoms with E-state index in [-0.39, 0.29) is 0 Å². The van der Waals surface area contributed by atoms with E-state index in [4.69, 9.17) is 14.2 Å². The maximum absolute atomic E-state index is 5.87. The SMILES string of the molecule is CNCc1cccc(OC)c1OCCOc1cccc(C)c1. The lowest BCUT2D eigenvalue weighted by molar-refractivity contribution is 0.209. The second kappa shape index (κ2) is 8.29. The Bertz CT molecular complexity index is 599. The summed E-state index contributed by atoms with van der Waals surface area (Å²) in [7, 11) is 3.55. The lowest BCUT2D eigenvalue weighted by Gasteiger charge is -2.15. The van der Waals surface area contributed by atoms with E-state index in [0.29, 0.717) is 13.2 Å². The van der Waals surface area contributed by atoms with E-state index >= 15 is 0 Å². The highest BCUT2D eigenvalue weighted by Gasteiger charge is 2.10. The van der Waals surface area contributed by atoms with Gasteiger partial charge in [0.2, 0.25) is 0 Å². The minimum atomic E-state index is 0.463. The largest absolute Gasteiger partial charge is 0.493 e. The zero-order valence-electron chi connectivity index (χ0n) is 13.4. The molecule has 2 rings (SSSR count). The van der Waals surface area contributed by atoms with Crippen LogP contribution in [0.4, 0.5) is 0 Å². The van der Waals surface area contributed by atoms with Gasteiger partial charge >= 0.3 is 0 Å². The molecule has 4 nitrogen and oxygen atoms in total. The Morgan fingerprint density at radius 2 is 1.77 bits per heavy atom. The number of benzene rings is 2. The van der Waals surface area contributed by atoms with Crippen molar-refractivity contribution in [3.8, 4) is 17.2 Å². The predicted molar refractivity (Wildman–Crippen MR) is 87.9 cm³/mol. The Morgan fingerprint density at radius 1 is 1.00 bits per heavy atom. The predicted octanol–water partition coefficient (Wildman–Crippen LogP) is 3.18. The number of aryl methyl sites for hydroxylation is 1. The summed E-state index contributed by atoms with van der Waals surface area (Å²) in [5.74, 6) is 2.37. The summed E-state index contributed by atoms with van der Waals surface area (Å²) < 4.78 is 16.9. The molecule has 118 valence electrons. The van der Waals surface area contributed by atoms with Crippen LogP contribution in [0.1, 0.15) is 11.1 Å². The van der Waals surface area contributed by atoms with Crippen LogP contribution in [0.15, 0.2) is 42.5 Å². The molecule has 22 heavy (non-hydrogen) atoms. The van der Waals surface area contributed by atoms with Gasteiger partial charge in [-0.3, -0.25) is 0 Å². The van der Waals surface area contributed by atoms with Crippen LogP contribution in [-0.4, -0.2) is 27.4 Å². The molecule has 4 heteroatoms. The fourth-order valence-electron chi connectivity index (χ4n) is 2.22. The summed E-state index contributed by atoms with van der Waals surface area (Å²) in [6.07, 6.45) is 0. The van der Waals surface area contributed by atoms with Crippen molar-refractivity contribution < 1.29 is 14.2 Å². The molecule has 0 aliphatic heterocycles. The highest BCUT2D eigenvalue weighted by atomic mass is 16.5. The van der Waals surface area contributed by atoms with Crippen molar-refractivity contribution in [3.05, 3.63) is 53.6 Å². The van der Waals surface area contributed by atoms with Gasteiger partial charge in [-0.1, -0.05) is 24.3 Å². The summed E-state index contributed by atoms with van der Waals surface area (Å²) in [6.45, 7) is 3.72. The van der Waals surface area contributed by atoms with Gasteiger partial charge in [0.25, 0.3) is 0 Å². The van der Waals surface area contributed by atoms with E-state index in [2.05, 4.69) is 5.32 Å². The molecule has 0 aliphatic carbocycles. The Hall–Kier alpha value is -2.20. The molecule has 1 N–H and O–H groups in total. The van der Waals surface area contributed by atoms with Crippen molar-refractivity contribution >= 4 is 0 Å². The third kappa shape index (κ3) is 4.40. The molecule has 0 aliphatic rings. The van der Waals surface area contributed by atoms with Crippen LogP contribution in [0.3, 0.4) is 0 Å². The number of hydrogen-bond donors (Lipinski definition) is 1. The number of rotatable bonds is 8. The molecule has 0 unspecified atom stereocenters. The van der Waals surface area contributed by atoms with Gasteiger partial charge in [-0.05, 0) is 37.7 Å². The molecule has 0 atom stereocenters. The van der Waals surface area contributed by atoms with Gasteiger partial charge in [0.1, 0.15) is 19.0 Å². The second-order valence-electron chi connectivity index (χ2n) is 4.99. The van der Waals surface area contributed by atoms with Crippen molar-refractivity contribution in [2.45, 2.75) is 13.5 Å². The highest BCUT2D eigenvalue weighted by molar-refractivity contribution is 5.46. The minimum Gasteiger partial charge on any atom is -0.493 e. The van der Waals surface area contributed by atoms with Gasteiger partial charge in [-0.15, -0.1) is 0 Å². The van der Waals surface area contributed by atoms with Crippen LogP contribution in [0.2, 0.25) is 0 Å². The van der Waals surface area contributed by atoms with Gasteiger partial charge in [-0.2, -0.15) is 0 Å². The molecule has 0 saturated heterocycles. The van der Waals surface area contributed by atoms with Gasteiger partial charge < -0.3 is 19.5 Å². The lowest BCUT2D eigenvalue weighted by atomic mass is 10.2. The number of nitrogens with one attached hydrogen (secondary N) is 1. The zero-order chi connectivity index (χ0) is 15.8. The van der Waals surface area contributed by atoms with Crippen molar-refractivity contribution in [1.82, 2.24) is 5.32 Å². The van der Waals surface area contributed by atoms with Crippen molar-refractivity contribution in [3.63, 3.8) is 0 Å². The molecule has 0 amide bonds. The molecule has 0 bridgehead atoms. The fourth-order valence-corrected chi connectivity index (χ4v) is 2.22. The number of ether oxygens (including phenoxy) is 3. The standard InChI is InChI=1S/C18H23NO3/c1-14-6-4-8-16(12-14)21-10-11-22-18-15(13-19-2)7-5-9-17(18)20-3/h4-9,12,19H,10-11,13H2,1-3H3. The smallest absolute Gasteiger partial charge is 0.165 e. The molecule has 0 saturated carbocycles. The molecule has 0 radical (unpaired) electrons. The maximum Gasteiger partial charge on any atom is 0.165 e. The van der Waals surface area contributed by atoms with E-state index in [1.165, 1.54) is 5.56 Å². The molecule has 0 fully saturated rings. The summed E-state index contributed by atoms with van der Waals surface area (Å²) in [5.41, 5.74) is 2.25. The topological polar surface area (TPSA) is 39.7 Å². The van der Waals surface area contributed by atoms with Crippen LogP contribution in [0, 0.1) is 6.92 Å². The Kier molecular flexibility index (Phi) is 6.10. The first-order chi connectivity index (χ1) is 10.7. The monoisotopic (exact) mass is 301 g/mol. The first-order valence-corrected chi connectivity index (χ1v) is 7.37. The van der Waals surface area contributed by atoms with Gasteiger partial charge in [0.15, 0.2) is 11.5 Å². The lowest BCUT2D eigenvalue weighted by Crippen LogP contribution is -2.13.